The molecule has 1 N–H and O–H groups in total. The van der Waals surface area contributed by atoms with Crippen molar-refractivity contribution < 1.29 is 5.11 Å². The Bertz CT molecular complexity index is 743. The number of para-hydroxylation sites is 1. The van der Waals surface area contributed by atoms with E-state index in [2.05, 4.69) is 11.1 Å². The number of rotatable bonds is 3. The van der Waals surface area contributed by atoms with E-state index in [9.17, 15) is 5.11 Å². The third kappa shape index (κ3) is 2.89. The van der Waals surface area contributed by atoms with E-state index in [-0.39, 0.29) is 5.75 Å². The van der Waals surface area contributed by atoms with E-state index in [1.807, 2.05) is 36.4 Å². The first-order valence-electron chi connectivity index (χ1n) is 6.18. The van der Waals surface area contributed by atoms with Crippen LogP contribution in [0.25, 0.3) is 10.9 Å². The Balaban J connectivity index is 1.83. The van der Waals surface area contributed by atoms with Crippen molar-refractivity contribution in [3.8, 4) is 5.75 Å². The van der Waals surface area contributed by atoms with Gasteiger partial charge in [-0.1, -0.05) is 29.8 Å². The number of aromatic hydroxyl groups is 1. The lowest BCUT2D eigenvalue weighted by molar-refractivity contribution is 0.475. The highest BCUT2D eigenvalue weighted by Gasteiger charge is 2.05. The number of thioether (sulfide) groups is 1. The lowest BCUT2D eigenvalue weighted by atomic mass is 10.2. The molecule has 0 atom stereocenters. The highest BCUT2D eigenvalue weighted by Crippen LogP contribution is 2.28. The van der Waals surface area contributed by atoms with Gasteiger partial charge >= 0.3 is 0 Å². The average Bonchev–Trinajstić information content (AvgIpc) is 2.47. The maximum atomic E-state index is 9.26. The molecule has 4 heteroatoms. The van der Waals surface area contributed by atoms with Crippen LogP contribution in [0, 0.1) is 0 Å². The van der Waals surface area contributed by atoms with Crippen LogP contribution >= 0.6 is 23.4 Å². The number of phenols is 1. The Labute approximate surface area is 126 Å². The Morgan fingerprint density at radius 2 is 1.80 bits per heavy atom. The molecule has 3 rings (SSSR count). The molecule has 0 aliphatic rings. The van der Waals surface area contributed by atoms with Gasteiger partial charge in [0.05, 0.1) is 5.52 Å². The Morgan fingerprint density at radius 3 is 2.60 bits per heavy atom. The van der Waals surface area contributed by atoms with E-state index in [1.54, 1.807) is 23.9 Å². The molecule has 100 valence electrons. The summed E-state index contributed by atoms with van der Waals surface area (Å²) >= 11 is 7.90. The van der Waals surface area contributed by atoms with E-state index in [0.717, 1.165) is 27.1 Å². The first-order chi connectivity index (χ1) is 9.72. The Hall–Kier alpha value is -1.71. The fourth-order valence-electron chi connectivity index (χ4n) is 1.94. The summed E-state index contributed by atoms with van der Waals surface area (Å²) in [6.45, 7) is 0. The minimum atomic E-state index is 0.278. The van der Waals surface area contributed by atoms with Gasteiger partial charge in [-0.05, 0) is 36.4 Å². The predicted molar refractivity (Wildman–Crippen MR) is 84.4 cm³/mol. The fraction of sp³-hybridized carbons (Fsp3) is 0.0625. The minimum Gasteiger partial charge on any atom is -0.508 e. The van der Waals surface area contributed by atoms with Gasteiger partial charge in [-0.15, -0.1) is 11.8 Å². The van der Waals surface area contributed by atoms with Gasteiger partial charge in [0.2, 0.25) is 0 Å². The number of fused-ring (bicyclic) bond motifs is 1. The molecular weight excluding hydrogens is 290 g/mol. The maximum Gasteiger partial charge on any atom is 0.133 e. The molecule has 0 bridgehead atoms. The van der Waals surface area contributed by atoms with Gasteiger partial charge in [-0.3, -0.25) is 0 Å². The van der Waals surface area contributed by atoms with Gasteiger partial charge in [0.15, 0.2) is 0 Å². The second kappa shape index (κ2) is 5.73. The summed E-state index contributed by atoms with van der Waals surface area (Å²) in [4.78, 5) is 5.50. The molecule has 0 radical (unpaired) electrons. The van der Waals surface area contributed by atoms with Gasteiger partial charge in [0, 0.05) is 21.6 Å². The Kier molecular flexibility index (Phi) is 3.81. The van der Waals surface area contributed by atoms with Crippen molar-refractivity contribution in [1.29, 1.82) is 0 Å². The molecule has 0 spiro atoms. The number of pyridine rings is 1. The normalized spacial score (nSPS) is 10.8. The standard InChI is InChI=1S/C16H12ClNOS/c17-16-12(9-11-3-1-2-4-15(11)18-16)10-20-14-7-5-13(19)6-8-14/h1-9,19H,10H2. The van der Waals surface area contributed by atoms with Gasteiger partial charge in [-0.25, -0.2) is 4.98 Å². The van der Waals surface area contributed by atoms with E-state index in [0.29, 0.717) is 5.15 Å². The summed E-state index contributed by atoms with van der Waals surface area (Å²) in [6, 6.07) is 17.2. The van der Waals surface area contributed by atoms with Crippen molar-refractivity contribution in [3.05, 3.63) is 65.3 Å². The average molecular weight is 302 g/mol. The summed E-state index contributed by atoms with van der Waals surface area (Å²) in [5.74, 6) is 1.03. The molecule has 3 aromatic rings. The van der Waals surface area contributed by atoms with Gasteiger partial charge < -0.3 is 5.11 Å². The lowest BCUT2D eigenvalue weighted by Gasteiger charge is -2.06. The van der Waals surface area contributed by atoms with E-state index in [4.69, 9.17) is 11.6 Å². The molecule has 0 saturated carbocycles. The fourth-order valence-corrected chi connectivity index (χ4v) is 3.10. The molecular formula is C16H12ClNOS. The van der Waals surface area contributed by atoms with E-state index < -0.39 is 0 Å². The molecule has 1 aromatic heterocycles. The molecule has 0 saturated heterocycles. The quantitative estimate of drug-likeness (QED) is 0.552. The zero-order valence-electron chi connectivity index (χ0n) is 10.6. The summed E-state index contributed by atoms with van der Waals surface area (Å²) in [5, 5.41) is 10.9. The van der Waals surface area contributed by atoms with Crippen molar-refractivity contribution in [2.24, 2.45) is 0 Å². The Morgan fingerprint density at radius 1 is 1.05 bits per heavy atom. The van der Waals surface area contributed by atoms with Crippen LogP contribution in [0.1, 0.15) is 5.56 Å². The lowest BCUT2D eigenvalue weighted by Crippen LogP contribution is -1.88. The highest BCUT2D eigenvalue weighted by atomic mass is 35.5. The minimum absolute atomic E-state index is 0.278. The number of hydrogen-bond acceptors (Lipinski definition) is 3. The largest absolute Gasteiger partial charge is 0.508 e. The van der Waals surface area contributed by atoms with Crippen LogP contribution in [0.3, 0.4) is 0 Å². The number of nitrogens with zero attached hydrogens (tertiary/aromatic N) is 1. The second-order valence-electron chi connectivity index (χ2n) is 4.41. The predicted octanol–water partition coefficient (Wildman–Crippen LogP) is 4.89. The molecule has 1 heterocycles. The molecule has 2 aromatic carbocycles. The van der Waals surface area contributed by atoms with Gasteiger partial charge in [0.25, 0.3) is 0 Å². The summed E-state index contributed by atoms with van der Waals surface area (Å²) in [5.41, 5.74) is 1.93. The topological polar surface area (TPSA) is 33.1 Å². The first kappa shape index (κ1) is 13.3. The molecule has 0 unspecified atom stereocenters. The van der Waals surface area contributed by atoms with Crippen LogP contribution in [0.15, 0.2) is 59.5 Å². The number of halogens is 1. The van der Waals surface area contributed by atoms with Crippen LogP contribution in [-0.4, -0.2) is 10.1 Å². The molecule has 20 heavy (non-hydrogen) atoms. The number of aromatic nitrogens is 1. The summed E-state index contributed by atoms with van der Waals surface area (Å²) in [7, 11) is 0. The maximum absolute atomic E-state index is 9.26. The zero-order chi connectivity index (χ0) is 13.9. The van der Waals surface area contributed by atoms with Crippen molar-refractivity contribution >= 4 is 34.3 Å². The molecule has 0 fully saturated rings. The smallest absolute Gasteiger partial charge is 0.133 e. The van der Waals surface area contributed by atoms with Crippen LogP contribution in [0.2, 0.25) is 5.15 Å². The number of phenolic OH excluding ortho intramolecular Hbond substituents is 1. The highest BCUT2D eigenvalue weighted by molar-refractivity contribution is 7.98. The summed E-state index contributed by atoms with van der Waals surface area (Å²) < 4.78 is 0. The zero-order valence-corrected chi connectivity index (χ0v) is 12.2. The van der Waals surface area contributed by atoms with Crippen molar-refractivity contribution in [2.45, 2.75) is 10.6 Å². The van der Waals surface area contributed by atoms with Crippen LogP contribution in [-0.2, 0) is 5.75 Å². The van der Waals surface area contributed by atoms with Gasteiger partial charge in [-0.2, -0.15) is 0 Å². The second-order valence-corrected chi connectivity index (χ2v) is 5.82. The number of hydrogen-bond donors (Lipinski definition) is 1. The van der Waals surface area contributed by atoms with Crippen molar-refractivity contribution in [3.63, 3.8) is 0 Å². The van der Waals surface area contributed by atoms with Crippen molar-refractivity contribution in [1.82, 2.24) is 4.98 Å². The third-order valence-corrected chi connectivity index (χ3v) is 4.37. The molecule has 0 aliphatic carbocycles. The third-order valence-electron chi connectivity index (χ3n) is 2.98. The summed E-state index contributed by atoms with van der Waals surface area (Å²) in [6.07, 6.45) is 0. The molecule has 0 aliphatic heterocycles. The first-order valence-corrected chi connectivity index (χ1v) is 7.55. The SMILES string of the molecule is Oc1ccc(SCc2cc3ccccc3nc2Cl)cc1. The van der Waals surface area contributed by atoms with Crippen molar-refractivity contribution in [2.75, 3.05) is 0 Å². The van der Waals surface area contributed by atoms with E-state index >= 15 is 0 Å². The molecule has 0 amide bonds. The number of benzene rings is 2. The van der Waals surface area contributed by atoms with Crippen LogP contribution in [0.4, 0.5) is 0 Å². The van der Waals surface area contributed by atoms with Crippen LogP contribution in [0.5, 0.6) is 5.75 Å². The monoisotopic (exact) mass is 301 g/mol. The van der Waals surface area contributed by atoms with Crippen LogP contribution < -0.4 is 0 Å². The van der Waals surface area contributed by atoms with E-state index in [1.165, 1.54) is 0 Å². The molecule has 2 nitrogen and oxygen atoms in total. The van der Waals surface area contributed by atoms with Gasteiger partial charge in [0.1, 0.15) is 10.9 Å².